The molecule has 0 unspecified atom stereocenters. The van der Waals surface area contributed by atoms with Gasteiger partial charge in [-0.25, -0.2) is 4.98 Å². The third-order valence-corrected chi connectivity index (χ3v) is 4.28. The number of imidazole rings is 1. The van der Waals surface area contributed by atoms with E-state index in [1.54, 1.807) is 17.0 Å². The zero-order valence-corrected chi connectivity index (χ0v) is 15.0. The lowest BCUT2D eigenvalue weighted by Crippen LogP contribution is -2.30. The Hall–Kier alpha value is -3.15. The number of H-pyrrole nitrogens is 1. The molecule has 0 aliphatic rings. The Morgan fingerprint density at radius 2 is 1.85 bits per heavy atom. The Labute approximate surface area is 152 Å². The summed E-state index contributed by atoms with van der Waals surface area (Å²) < 4.78 is 0. The van der Waals surface area contributed by atoms with Gasteiger partial charge < -0.3 is 15.6 Å². The van der Waals surface area contributed by atoms with Crippen molar-refractivity contribution in [2.75, 3.05) is 11.4 Å². The van der Waals surface area contributed by atoms with Crippen molar-refractivity contribution in [1.29, 1.82) is 0 Å². The third kappa shape index (κ3) is 3.31. The molecule has 0 aliphatic carbocycles. The van der Waals surface area contributed by atoms with Gasteiger partial charge in [0.2, 0.25) is 5.91 Å². The number of hydrogen-bond acceptors (Lipinski definition) is 3. The van der Waals surface area contributed by atoms with E-state index in [2.05, 4.69) is 16.9 Å². The minimum Gasteiger partial charge on any atom is -0.366 e. The Morgan fingerprint density at radius 3 is 2.46 bits per heavy atom. The van der Waals surface area contributed by atoms with Crippen LogP contribution < -0.4 is 10.6 Å². The highest BCUT2D eigenvalue weighted by Crippen LogP contribution is 2.25. The molecule has 26 heavy (non-hydrogen) atoms. The van der Waals surface area contributed by atoms with E-state index in [9.17, 15) is 9.59 Å². The number of fused-ring (bicyclic) bond motifs is 1. The molecule has 0 spiro atoms. The number of carbonyl (C=O) groups is 2. The zero-order valence-electron chi connectivity index (χ0n) is 15.0. The number of rotatable bonds is 6. The minimum atomic E-state index is -0.503. The molecule has 0 bridgehead atoms. The topological polar surface area (TPSA) is 92.1 Å². The first-order valence-electron chi connectivity index (χ1n) is 8.74. The fraction of sp³-hybridized carbons (Fsp3) is 0.250. The van der Waals surface area contributed by atoms with Crippen LogP contribution in [0.5, 0.6) is 0 Å². The highest BCUT2D eigenvalue weighted by atomic mass is 16.2. The van der Waals surface area contributed by atoms with Crippen molar-refractivity contribution >= 4 is 28.5 Å². The van der Waals surface area contributed by atoms with Crippen molar-refractivity contribution in [3.05, 3.63) is 48.0 Å². The predicted molar refractivity (Wildman–Crippen MR) is 103 cm³/mol. The molecule has 0 saturated carbocycles. The Morgan fingerprint density at radius 1 is 1.12 bits per heavy atom. The van der Waals surface area contributed by atoms with Gasteiger partial charge in [-0.2, -0.15) is 0 Å². The molecule has 6 nitrogen and oxygen atoms in total. The second-order valence-corrected chi connectivity index (χ2v) is 6.10. The first kappa shape index (κ1) is 17.7. The SMILES string of the molecule is CCCN(C(=O)CC)c1ccc(-c2nc3c(C(N)=O)cccc3[nH]2)cc1. The largest absolute Gasteiger partial charge is 0.366 e. The summed E-state index contributed by atoms with van der Waals surface area (Å²) in [6, 6.07) is 13.0. The number of amides is 2. The average molecular weight is 350 g/mol. The molecule has 0 saturated heterocycles. The first-order chi connectivity index (χ1) is 12.5. The number of primary amides is 1. The van der Waals surface area contributed by atoms with Crippen molar-refractivity contribution in [1.82, 2.24) is 9.97 Å². The van der Waals surface area contributed by atoms with Crippen molar-refractivity contribution in [3.8, 4) is 11.4 Å². The molecule has 0 atom stereocenters. The van der Waals surface area contributed by atoms with Gasteiger partial charge in [-0.05, 0) is 42.8 Å². The van der Waals surface area contributed by atoms with Gasteiger partial charge in [-0.15, -0.1) is 0 Å². The Balaban J connectivity index is 1.96. The van der Waals surface area contributed by atoms with Crippen LogP contribution in [-0.2, 0) is 4.79 Å². The predicted octanol–water partition coefficient (Wildman–Crippen LogP) is 3.48. The van der Waals surface area contributed by atoms with Crippen LogP contribution in [-0.4, -0.2) is 28.3 Å². The molecule has 134 valence electrons. The van der Waals surface area contributed by atoms with Gasteiger partial charge in [-0.3, -0.25) is 9.59 Å². The number of para-hydroxylation sites is 1. The highest BCUT2D eigenvalue weighted by molar-refractivity contribution is 6.04. The minimum absolute atomic E-state index is 0.106. The molecule has 0 fully saturated rings. The van der Waals surface area contributed by atoms with Gasteiger partial charge >= 0.3 is 0 Å². The van der Waals surface area contributed by atoms with E-state index in [4.69, 9.17) is 5.73 Å². The van der Waals surface area contributed by atoms with Crippen LogP contribution in [0.1, 0.15) is 37.0 Å². The molecular weight excluding hydrogens is 328 g/mol. The van der Waals surface area contributed by atoms with Crippen molar-refractivity contribution in [2.45, 2.75) is 26.7 Å². The molecule has 2 aromatic carbocycles. The number of anilines is 1. The van der Waals surface area contributed by atoms with Crippen LogP contribution in [0.3, 0.4) is 0 Å². The number of aromatic nitrogens is 2. The van der Waals surface area contributed by atoms with Crippen molar-refractivity contribution in [2.24, 2.45) is 5.73 Å². The molecule has 6 heteroatoms. The average Bonchev–Trinajstić information content (AvgIpc) is 3.09. The quantitative estimate of drug-likeness (QED) is 0.713. The van der Waals surface area contributed by atoms with Crippen LogP contribution in [0.4, 0.5) is 5.69 Å². The molecule has 0 radical (unpaired) electrons. The number of hydrogen-bond donors (Lipinski definition) is 2. The molecule has 1 aromatic heterocycles. The third-order valence-electron chi connectivity index (χ3n) is 4.28. The summed E-state index contributed by atoms with van der Waals surface area (Å²) in [5.41, 5.74) is 8.88. The lowest BCUT2D eigenvalue weighted by Gasteiger charge is -2.21. The molecule has 3 N–H and O–H groups in total. The van der Waals surface area contributed by atoms with Gasteiger partial charge in [0.25, 0.3) is 5.91 Å². The maximum Gasteiger partial charge on any atom is 0.250 e. The van der Waals surface area contributed by atoms with E-state index in [-0.39, 0.29) is 5.91 Å². The second kappa shape index (κ2) is 7.39. The summed E-state index contributed by atoms with van der Waals surface area (Å²) in [5.74, 6) is 0.260. The monoisotopic (exact) mass is 350 g/mol. The van der Waals surface area contributed by atoms with Crippen LogP contribution in [0.15, 0.2) is 42.5 Å². The molecule has 0 aliphatic heterocycles. The summed E-state index contributed by atoms with van der Waals surface area (Å²) in [4.78, 5) is 33.2. The fourth-order valence-electron chi connectivity index (χ4n) is 2.98. The lowest BCUT2D eigenvalue weighted by atomic mass is 10.1. The summed E-state index contributed by atoms with van der Waals surface area (Å²) in [5, 5.41) is 0. The zero-order chi connectivity index (χ0) is 18.7. The molecule has 3 aromatic rings. The number of nitrogens with one attached hydrogen (secondary N) is 1. The van der Waals surface area contributed by atoms with Gasteiger partial charge in [0.05, 0.1) is 11.1 Å². The number of carbonyl (C=O) groups excluding carboxylic acids is 2. The smallest absolute Gasteiger partial charge is 0.250 e. The summed E-state index contributed by atoms with van der Waals surface area (Å²) in [6.07, 6.45) is 1.37. The molecular formula is C20H22N4O2. The van der Waals surface area contributed by atoms with Crippen LogP contribution in [0, 0.1) is 0 Å². The maximum absolute atomic E-state index is 12.1. The lowest BCUT2D eigenvalue weighted by molar-refractivity contribution is -0.118. The Kier molecular flexibility index (Phi) is 5.02. The van der Waals surface area contributed by atoms with E-state index < -0.39 is 5.91 Å². The van der Waals surface area contributed by atoms with Crippen molar-refractivity contribution in [3.63, 3.8) is 0 Å². The van der Waals surface area contributed by atoms with E-state index >= 15 is 0 Å². The summed E-state index contributed by atoms with van der Waals surface area (Å²) >= 11 is 0. The van der Waals surface area contributed by atoms with Gasteiger partial charge in [0.15, 0.2) is 0 Å². The van der Waals surface area contributed by atoms with Crippen LogP contribution >= 0.6 is 0 Å². The van der Waals surface area contributed by atoms with Crippen molar-refractivity contribution < 1.29 is 9.59 Å². The molecule has 3 rings (SSSR count). The van der Waals surface area contributed by atoms with E-state index in [1.165, 1.54) is 0 Å². The normalized spacial score (nSPS) is 10.8. The molecule has 1 heterocycles. The second-order valence-electron chi connectivity index (χ2n) is 6.10. The highest BCUT2D eigenvalue weighted by Gasteiger charge is 2.15. The van der Waals surface area contributed by atoms with E-state index in [0.29, 0.717) is 29.9 Å². The van der Waals surface area contributed by atoms with Gasteiger partial charge in [-0.1, -0.05) is 19.9 Å². The van der Waals surface area contributed by atoms with Gasteiger partial charge in [0, 0.05) is 24.2 Å². The fourth-order valence-corrected chi connectivity index (χ4v) is 2.98. The summed E-state index contributed by atoms with van der Waals surface area (Å²) in [7, 11) is 0. The standard InChI is InChI=1S/C20H22N4O2/c1-3-12-24(17(25)4-2)14-10-8-13(9-11-14)20-22-16-7-5-6-15(19(21)26)18(16)23-20/h5-11H,3-4,12H2,1-2H3,(H2,21,26)(H,22,23). The van der Waals surface area contributed by atoms with Crippen LogP contribution in [0.2, 0.25) is 0 Å². The maximum atomic E-state index is 12.1. The summed E-state index contributed by atoms with van der Waals surface area (Å²) in [6.45, 7) is 4.61. The van der Waals surface area contributed by atoms with Gasteiger partial charge in [0.1, 0.15) is 11.3 Å². The molecule has 2 amide bonds. The first-order valence-corrected chi connectivity index (χ1v) is 8.74. The Bertz CT molecular complexity index is 944. The van der Waals surface area contributed by atoms with Crippen LogP contribution in [0.25, 0.3) is 22.4 Å². The number of aromatic amines is 1. The van der Waals surface area contributed by atoms with E-state index in [1.807, 2.05) is 37.3 Å². The number of nitrogens with zero attached hydrogens (tertiary/aromatic N) is 2. The van der Waals surface area contributed by atoms with E-state index in [0.717, 1.165) is 23.2 Å². The number of nitrogens with two attached hydrogens (primary N) is 1. The number of benzene rings is 2.